The smallest absolute Gasteiger partial charge is 0.247 e. The molecule has 18 heavy (non-hydrogen) atoms. The van der Waals surface area contributed by atoms with Crippen LogP contribution in [0.3, 0.4) is 0 Å². The number of amides is 1. The van der Waals surface area contributed by atoms with E-state index in [9.17, 15) is 4.79 Å². The predicted molar refractivity (Wildman–Crippen MR) is 73.7 cm³/mol. The highest BCUT2D eigenvalue weighted by molar-refractivity contribution is 9.10. The van der Waals surface area contributed by atoms with E-state index in [4.69, 9.17) is 17.3 Å². The molecule has 0 saturated heterocycles. The molecular weight excluding hydrogens is 318 g/mol. The van der Waals surface area contributed by atoms with Gasteiger partial charge in [-0.3, -0.25) is 9.78 Å². The van der Waals surface area contributed by atoms with Crippen molar-refractivity contribution in [2.45, 2.75) is 6.04 Å². The Morgan fingerprint density at radius 2 is 2.22 bits per heavy atom. The average Bonchev–Trinajstić information content (AvgIpc) is 2.33. The number of aromatic nitrogens is 1. The van der Waals surface area contributed by atoms with Crippen LogP contribution in [0.5, 0.6) is 0 Å². The molecule has 94 valence electrons. The molecule has 0 radical (unpaired) electrons. The van der Waals surface area contributed by atoms with Gasteiger partial charge in [0.15, 0.2) is 0 Å². The van der Waals surface area contributed by atoms with Crippen molar-refractivity contribution in [3.05, 3.63) is 51.4 Å². The molecule has 1 aromatic heterocycles. The maximum Gasteiger partial charge on any atom is 0.247 e. The summed E-state index contributed by atoms with van der Waals surface area (Å²) in [4.78, 5) is 17.5. The molecular formula is C12H11BrClN3O. The molecule has 1 atom stereocenters. The molecule has 0 bridgehead atoms. The van der Waals surface area contributed by atoms with Gasteiger partial charge in [0, 0.05) is 23.3 Å². The molecule has 0 spiro atoms. The van der Waals surface area contributed by atoms with Crippen LogP contribution in [0.4, 0.5) is 0 Å². The lowest BCUT2D eigenvalue weighted by molar-refractivity contribution is -0.115. The normalized spacial score (nSPS) is 19.3. The van der Waals surface area contributed by atoms with E-state index in [1.165, 1.54) is 0 Å². The van der Waals surface area contributed by atoms with Crippen LogP contribution in [0.15, 0.2) is 45.7 Å². The van der Waals surface area contributed by atoms with Crippen molar-refractivity contribution in [3.63, 3.8) is 0 Å². The molecule has 4 nitrogen and oxygen atoms in total. The van der Waals surface area contributed by atoms with Crippen LogP contribution in [-0.2, 0) is 4.79 Å². The van der Waals surface area contributed by atoms with Gasteiger partial charge in [0.1, 0.15) is 11.2 Å². The fourth-order valence-corrected chi connectivity index (χ4v) is 2.22. The van der Waals surface area contributed by atoms with E-state index in [1.54, 1.807) is 30.3 Å². The van der Waals surface area contributed by atoms with E-state index in [0.29, 0.717) is 10.7 Å². The van der Waals surface area contributed by atoms with Gasteiger partial charge < -0.3 is 10.6 Å². The van der Waals surface area contributed by atoms with E-state index in [2.05, 4.69) is 20.9 Å². The number of nitrogens with two attached hydrogens (primary N) is 1. The van der Waals surface area contributed by atoms with Crippen molar-refractivity contribution in [1.82, 2.24) is 9.88 Å². The number of carbonyl (C=O) groups is 1. The van der Waals surface area contributed by atoms with Crippen molar-refractivity contribution in [1.29, 1.82) is 0 Å². The number of hydrogen-bond acceptors (Lipinski definition) is 3. The SMILES string of the molecule is CN1C(Cl)=CC=C(C(N)=O)C1c1ccc(Br)cn1. The van der Waals surface area contributed by atoms with Crippen LogP contribution in [-0.4, -0.2) is 22.8 Å². The molecule has 1 amide bonds. The number of primary amides is 1. The average molecular weight is 329 g/mol. The zero-order valence-electron chi connectivity index (χ0n) is 9.60. The Morgan fingerprint density at radius 1 is 1.50 bits per heavy atom. The van der Waals surface area contributed by atoms with Crippen LogP contribution < -0.4 is 5.73 Å². The number of rotatable bonds is 2. The third-order valence-electron chi connectivity index (χ3n) is 2.73. The molecule has 0 aliphatic carbocycles. The second-order valence-corrected chi connectivity index (χ2v) is 5.19. The summed E-state index contributed by atoms with van der Waals surface area (Å²) in [5, 5.41) is 0.537. The van der Waals surface area contributed by atoms with Crippen LogP contribution >= 0.6 is 27.5 Å². The van der Waals surface area contributed by atoms with Crippen LogP contribution in [0.2, 0.25) is 0 Å². The lowest BCUT2D eigenvalue weighted by Crippen LogP contribution is -2.32. The zero-order chi connectivity index (χ0) is 13.3. The summed E-state index contributed by atoms with van der Waals surface area (Å²) in [6, 6.07) is 3.34. The lowest BCUT2D eigenvalue weighted by Gasteiger charge is -2.32. The van der Waals surface area contributed by atoms with E-state index in [-0.39, 0.29) is 6.04 Å². The first-order valence-electron chi connectivity index (χ1n) is 5.22. The summed E-state index contributed by atoms with van der Waals surface area (Å²) in [5.74, 6) is -0.475. The summed E-state index contributed by atoms with van der Waals surface area (Å²) < 4.78 is 0.871. The minimum absolute atomic E-state index is 0.354. The zero-order valence-corrected chi connectivity index (χ0v) is 11.9. The van der Waals surface area contributed by atoms with Crippen LogP contribution in [0, 0.1) is 0 Å². The van der Waals surface area contributed by atoms with Gasteiger partial charge >= 0.3 is 0 Å². The molecule has 2 rings (SSSR count). The Hall–Kier alpha value is -1.33. The number of nitrogens with zero attached hydrogens (tertiary/aromatic N) is 2. The Kier molecular flexibility index (Phi) is 3.73. The molecule has 6 heteroatoms. The number of halogens is 2. The topological polar surface area (TPSA) is 59.2 Å². The standard InChI is InChI=1S/C12H11BrClN3O/c1-17-10(14)5-3-8(12(15)18)11(17)9-4-2-7(13)6-16-9/h2-6,11H,1H3,(H2,15,18). The van der Waals surface area contributed by atoms with Gasteiger partial charge in [0.25, 0.3) is 0 Å². The molecule has 0 saturated carbocycles. The number of pyridine rings is 1. The first kappa shape index (κ1) is 13.1. The highest BCUT2D eigenvalue weighted by Crippen LogP contribution is 2.33. The number of allylic oxidation sites excluding steroid dienone is 2. The molecule has 0 aromatic carbocycles. The van der Waals surface area contributed by atoms with Crippen molar-refractivity contribution >= 4 is 33.4 Å². The fourth-order valence-electron chi connectivity index (χ4n) is 1.82. The van der Waals surface area contributed by atoms with Crippen molar-refractivity contribution in [3.8, 4) is 0 Å². The summed E-state index contributed by atoms with van der Waals surface area (Å²) in [7, 11) is 1.79. The highest BCUT2D eigenvalue weighted by Gasteiger charge is 2.29. The minimum Gasteiger partial charge on any atom is -0.366 e. The summed E-state index contributed by atoms with van der Waals surface area (Å²) in [5.41, 5.74) is 6.58. The van der Waals surface area contributed by atoms with Gasteiger partial charge in [-0.15, -0.1) is 0 Å². The fraction of sp³-hybridized carbons (Fsp3) is 0.167. The molecule has 1 aromatic rings. The van der Waals surface area contributed by atoms with Gasteiger partial charge in [-0.05, 0) is 40.2 Å². The van der Waals surface area contributed by atoms with E-state index < -0.39 is 5.91 Å². The van der Waals surface area contributed by atoms with Gasteiger partial charge in [-0.25, -0.2) is 0 Å². The van der Waals surface area contributed by atoms with Gasteiger partial charge in [0.2, 0.25) is 5.91 Å². The number of carbonyl (C=O) groups excluding carboxylic acids is 1. The summed E-state index contributed by atoms with van der Waals surface area (Å²) in [6.07, 6.45) is 4.96. The minimum atomic E-state index is -0.475. The first-order chi connectivity index (χ1) is 8.50. The monoisotopic (exact) mass is 327 g/mol. The molecule has 2 heterocycles. The third kappa shape index (κ3) is 2.42. The number of hydrogen-bond donors (Lipinski definition) is 1. The van der Waals surface area contributed by atoms with E-state index in [1.807, 2.05) is 12.1 Å². The maximum absolute atomic E-state index is 11.5. The Morgan fingerprint density at radius 3 is 2.78 bits per heavy atom. The molecule has 0 fully saturated rings. The first-order valence-corrected chi connectivity index (χ1v) is 6.39. The highest BCUT2D eigenvalue weighted by atomic mass is 79.9. The molecule has 1 aliphatic rings. The second kappa shape index (κ2) is 5.12. The quantitative estimate of drug-likeness (QED) is 0.848. The molecule has 1 aliphatic heterocycles. The number of likely N-dealkylation sites (N-methyl/N-ethyl adjacent to an activating group) is 1. The van der Waals surface area contributed by atoms with E-state index in [0.717, 1.165) is 10.2 Å². The Balaban J connectivity index is 2.46. The van der Waals surface area contributed by atoms with Crippen molar-refractivity contribution < 1.29 is 4.79 Å². The summed E-state index contributed by atoms with van der Waals surface area (Å²) in [6.45, 7) is 0. The second-order valence-electron chi connectivity index (χ2n) is 3.89. The Bertz CT molecular complexity index is 539. The van der Waals surface area contributed by atoms with Crippen molar-refractivity contribution in [2.24, 2.45) is 5.73 Å². The molecule has 1 unspecified atom stereocenters. The van der Waals surface area contributed by atoms with Gasteiger partial charge in [0.05, 0.1) is 5.69 Å². The van der Waals surface area contributed by atoms with Gasteiger partial charge in [-0.2, -0.15) is 0 Å². The lowest BCUT2D eigenvalue weighted by atomic mass is 9.99. The third-order valence-corrected chi connectivity index (χ3v) is 3.60. The van der Waals surface area contributed by atoms with Crippen LogP contribution in [0.25, 0.3) is 0 Å². The van der Waals surface area contributed by atoms with E-state index >= 15 is 0 Å². The largest absolute Gasteiger partial charge is 0.366 e. The maximum atomic E-state index is 11.5. The van der Waals surface area contributed by atoms with Crippen LogP contribution in [0.1, 0.15) is 11.7 Å². The Labute approximate surface area is 118 Å². The van der Waals surface area contributed by atoms with Crippen molar-refractivity contribution in [2.75, 3.05) is 7.05 Å². The summed E-state index contributed by atoms with van der Waals surface area (Å²) >= 11 is 9.39. The predicted octanol–water partition coefficient (Wildman–Crippen LogP) is 2.32. The molecule has 2 N–H and O–H groups in total. The van der Waals surface area contributed by atoms with Gasteiger partial charge in [-0.1, -0.05) is 11.6 Å².